The fourth-order valence-corrected chi connectivity index (χ4v) is 3.82. The van der Waals surface area contributed by atoms with Gasteiger partial charge in [-0.15, -0.1) is 11.3 Å². The van der Waals surface area contributed by atoms with Crippen molar-refractivity contribution in [3.8, 4) is 11.1 Å². The number of amides is 1. The molecular formula is C21H18ClNO3S. The Morgan fingerprint density at radius 2 is 1.85 bits per heavy atom. The largest absolute Gasteiger partial charge is 0.465 e. The molecule has 27 heavy (non-hydrogen) atoms. The van der Waals surface area contributed by atoms with Crippen LogP contribution < -0.4 is 5.32 Å². The Morgan fingerprint density at radius 3 is 2.52 bits per heavy atom. The van der Waals surface area contributed by atoms with E-state index in [9.17, 15) is 9.59 Å². The molecule has 0 bridgehead atoms. The lowest BCUT2D eigenvalue weighted by Crippen LogP contribution is -2.14. The van der Waals surface area contributed by atoms with Crippen molar-refractivity contribution in [2.24, 2.45) is 0 Å². The first-order chi connectivity index (χ1) is 12.9. The van der Waals surface area contributed by atoms with E-state index in [1.807, 2.05) is 37.4 Å². The molecule has 1 N–H and O–H groups in total. The minimum Gasteiger partial charge on any atom is -0.465 e. The predicted octanol–water partition coefficient (Wildman–Crippen LogP) is 5.72. The van der Waals surface area contributed by atoms with Crippen molar-refractivity contribution < 1.29 is 14.3 Å². The second-order valence-corrected chi connectivity index (χ2v) is 7.42. The number of aryl methyl sites for hydroxylation is 2. The van der Waals surface area contributed by atoms with Crippen LogP contribution in [0.3, 0.4) is 0 Å². The van der Waals surface area contributed by atoms with Gasteiger partial charge in [-0.05, 0) is 48.7 Å². The van der Waals surface area contributed by atoms with Crippen LogP contribution in [-0.4, -0.2) is 19.0 Å². The van der Waals surface area contributed by atoms with E-state index < -0.39 is 5.97 Å². The molecule has 1 heterocycles. The van der Waals surface area contributed by atoms with Crippen LogP contribution in [0, 0.1) is 13.8 Å². The first kappa shape index (κ1) is 19.1. The molecule has 3 aromatic rings. The van der Waals surface area contributed by atoms with Gasteiger partial charge in [-0.2, -0.15) is 0 Å². The summed E-state index contributed by atoms with van der Waals surface area (Å²) in [6.07, 6.45) is 0. The number of carbonyl (C=O) groups excluding carboxylic acids is 2. The van der Waals surface area contributed by atoms with Crippen molar-refractivity contribution in [3.63, 3.8) is 0 Å². The Labute approximate surface area is 166 Å². The van der Waals surface area contributed by atoms with E-state index in [0.717, 1.165) is 16.7 Å². The molecule has 0 saturated heterocycles. The normalized spacial score (nSPS) is 10.5. The van der Waals surface area contributed by atoms with Crippen molar-refractivity contribution in [1.29, 1.82) is 0 Å². The Hall–Kier alpha value is -2.63. The first-order valence-electron chi connectivity index (χ1n) is 8.25. The number of ether oxygens (including phenoxy) is 1. The van der Waals surface area contributed by atoms with Crippen LogP contribution in [0.25, 0.3) is 11.1 Å². The summed E-state index contributed by atoms with van der Waals surface area (Å²) in [4.78, 5) is 25.0. The van der Waals surface area contributed by atoms with Crippen LogP contribution in [0.5, 0.6) is 0 Å². The fraction of sp³-hybridized carbons (Fsp3) is 0.143. The topological polar surface area (TPSA) is 55.4 Å². The molecule has 6 heteroatoms. The summed E-state index contributed by atoms with van der Waals surface area (Å²) in [7, 11) is 1.33. The highest BCUT2D eigenvalue weighted by molar-refractivity contribution is 7.15. The zero-order chi connectivity index (χ0) is 19.6. The smallest absolute Gasteiger partial charge is 0.341 e. The average molecular weight is 400 g/mol. The van der Waals surface area contributed by atoms with Crippen LogP contribution in [0.2, 0.25) is 5.02 Å². The lowest BCUT2D eigenvalue weighted by Gasteiger charge is -2.09. The van der Waals surface area contributed by atoms with E-state index in [2.05, 4.69) is 5.32 Å². The maximum absolute atomic E-state index is 12.6. The summed E-state index contributed by atoms with van der Waals surface area (Å²) < 4.78 is 4.95. The predicted molar refractivity (Wildman–Crippen MR) is 110 cm³/mol. The van der Waals surface area contributed by atoms with Crippen LogP contribution in [0.1, 0.15) is 31.8 Å². The number of esters is 1. The molecule has 1 amide bonds. The highest BCUT2D eigenvalue weighted by Crippen LogP contribution is 2.37. The van der Waals surface area contributed by atoms with Gasteiger partial charge in [-0.1, -0.05) is 35.9 Å². The Morgan fingerprint density at radius 1 is 1.07 bits per heavy atom. The second kappa shape index (κ2) is 7.94. The maximum Gasteiger partial charge on any atom is 0.341 e. The molecular weight excluding hydrogens is 382 g/mol. The van der Waals surface area contributed by atoms with E-state index in [1.54, 1.807) is 24.3 Å². The number of thiophene rings is 1. The highest BCUT2D eigenvalue weighted by atomic mass is 35.5. The number of rotatable bonds is 4. The molecule has 2 aromatic carbocycles. The van der Waals surface area contributed by atoms with Gasteiger partial charge in [-0.3, -0.25) is 4.79 Å². The van der Waals surface area contributed by atoms with Crippen molar-refractivity contribution in [2.75, 3.05) is 12.4 Å². The van der Waals surface area contributed by atoms with Gasteiger partial charge in [0.15, 0.2) is 0 Å². The third-order valence-corrected chi connectivity index (χ3v) is 5.44. The Bertz CT molecular complexity index is 1030. The number of benzene rings is 2. The molecule has 1 aromatic heterocycles. The van der Waals surface area contributed by atoms with Crippen LogP contribution in [0.15, 0.2) is 47.8 Å². The van der Waals surface area contributed by atoms with Gasteiger partial charge in [0.1, 0.15) is 10.6 Å². The highest BCUT2D eigenvalue weighted by Gasteiger charge is 2.23. The minimum absolute atomic E-state index is 0.337. The standard InChI is InChI=1S/C21H18ClNO3S/c1-12-7-8-14(9-13(12)2)17-11-27-20(18(17)21(25)26-3)23-19(24)15-5-4-6-16(22)10-15/h4-11H,1-3H3,(H,23,24). The van der Waals surface area contributed by atoms with Crippen molar-refractivity contribution in [1.82, 2.24) is 0 Å². The minimum atomic E-state index is -0.495. The molecule has 0 aliphatic rings. The van der Waals surface area contributed by atoms with Gasteiger partial charge in [0.25, 0.3) is 5.91 Å². The Kier molecular flexibility index (Phi) is 5.63. The summed E-state index contributed by atoms with van der Waals surface area (Å²) in [5.41, 5.74) is 4.69. The summed E-state index contributed by atoms with van der Waals surface area (Å²) in [5.74, 6) is -0.831. The second-order valence-electron chi connectivity index (χ2n) is 6.11. The first-order valence-corrected chi connectivity index (χ1v) is 9.51. The molecule has 0 saturated carbocycles. The van der Waals surface area contributed by atoms with Crippen LogP contribution in [0.4, 0.5) is 5.00 Å². The molecule has 0 spiro atoms. The van der Waals surface area contributed by atoms with Crippen LogP contribution in [-0.2, 0) is 4.74 Å². The summed E-state index contributed by atoms with van der Waals surface area (Å²) in [5, 5.41) is 5.57. The Balaban J connectivity index is 2.01. The third-order valence-electron chi connectivity index (χ3n) is 4.31. The molecule has 0 aliphatic carbocycles. The number of methoxy groups -OCH3 is 1. The SMILES string of the molecule is COC(=O)c1c(-c2ccc(C)c(C)c2)csc1NC(=O)c1cccc(Cl)c1. The molecule has 0 fully saturated rings. The quantitative estimate of drug-likeness (QED) is 0.570. The van der Waals surface area contributed by atoms with Crippen LogP contribution >= 0.6 is 22.9 Å². The maximum atomic E-state index is 12.6. The zero-order valence-corrected chi connectivity index (χ0v) is 16.7. The third kappa shape index (κ3) is 4.04. The van der Waals surface area contributed by atoms with Gasteiger partial charge < -0.3 is 10.1 Å². The number of hydrogen-bond acceptors (Lipinski definition) is 4. The van der Waals surface area contributed by atoms with E-state index in [-0.39, 0.29) is 5.91 Å². The number of halogens is 1. The number of anilines is 1. The summed E-state index contributed by atoms with van der Waals surface area (Å²) in [6, 6.07) is 12.6. The molecule has 0 atom stereocenters. The molecule has 0 aliphatic heterocycles. The number of nitrogens with one attached hydrogen (secondary N) is 1. The van der Waals surface area contributed by atoms with E-state index in [4.69, 9.17) is 16.3 Å². The zero-order valence-electron chi connectivity index (χ0n) is 15.1. The lowest BCUT2D eigenvalue weighted by molar-refractivity contribution is 0.0603. The fourth-order valence-electron chi connectivity index (χ4n) is 2.68. The van der Waals surface area contributed by atoms with Gasteiger partial charge in [0, 0.05) is 21.5 Å². The number of hydrogen-bond donors (Lipinski definition) is 1. The van der Waals surface area contributed by atoms with Gasteiger partial charge in [0.2, 0.25) is 0 Å². The lowest BCUT2D eigenvalue weighted by atomic mass is 9.99. The number of carbonyl (C=O) groups is 2. The molecule has 3 rings (SSSR count). The summed E-state index contributed by atoms with van der Waals surface area (Å²) in [6.45, 7) is 4.05. The van der Waals surface area contributed by atoms with E-state index >= 15 is 0 Å². The molecule has 0 radical (unpaired) electrons. The van der Waals surface area contributed by atoms with Crippen molar-refractivity contribution >= 4 is 39.8 Å². The molecule has 138 valence electrons. The summed E-state index contributed by atoms with van der Waals surface area (Å²) >= 11 is 7.24. The monoisotopic (exact) mass is 399 g/mol. The van der Waals surface area contributed by atoms with E-state index in [0.29, 0.717) is 21.2 Å². The molecule has 4 nitrogen and oxygen atoms in total. The van der Waals surface area contributed by atoms with E-state index in [1.165, 1.54) is 24.0 Å². The van der Waals surface area contributed by atoms with Crippen molar-refractivity contribution in [2.45, 2.75) is 13.8 Å². The van der Waals surface area contributed by atoms with Gasteiger partial charge in [-0.25, -0.2) is 4.79 Å². The van der Waals surface area contributed by atoms with Gasteiger partial charge >= 0.3 is 5.97 Å². The van der Waals surface area contributed by atoms with Gasteiger partial charge in [0.05, 0.1) is 7.11 Å². The average Bonchev–Trinajstić information content (AvgIpc) is 3.06. The van der Waals surface area contributed by atoms with Crippen molar-refractivity contribution in [3.05, 3.63) is 75.1 Å². The molecule has 0 unspecified atom stereocenters.